The summed E-state index contributed by atoms with van der Waals surface area (Å²) in [6.45, 7) is 0.0591. The largest absolute Gasteiger partial charge is 0.435 e. The van der Waals surface area contributed by atoms with Gasteiger partial charge in [0.25, 0.3) is 0 Å². The van der Waals surface area contributed by atoms with Crippen molar-refractivity contribution in [3.05, 3.63) is 45.7 Å². The average Bonchev–Trinajstić information content (AvgIpc) is 2.94. The van der Waals surface area contributed by atoms with Crippen molar-refractivity contribution in [3.8, 4) is 0 Å². The van der Waals surface area contributed by atoms with E-state index in [1.165, 1.54) is 10.7 Å². The highest BCUT2D eigenvalue weighted by atomic mass is 79.9. The van der Waals surface area contributed by atoms with Crippen LogP contribution in [0.5, 0.6) is 0 Å². The van der Waals surface area contributed by atoms with E-state index < -0.39 is 21.9 Å². The molecule has 0 fully saturated rings. The third kappa shape index (κ3) is 3.95. The predicted octanol–water partition coefficient (Wildman–Crippen LogP) is 2.72. The topological polar surface area (TPSA) is 73.2 Å². The molecule has 11 heteroatoms. The SMILES string of the molecule is O=S(=O)(NCCn1nc(C(F)(F)F)c2c1CCOC2)c1ccccc1Br. The van der Waals surface area contributed by atoms with Crippen molar-refractivity contribution < 1.29 is 26.3 Å². The molecule has 0 spiro atoms. The standard InChI is InChI=1S/C15H15BrF3N3O3S/c16-11-3-1-2-4-13(11)26(23,24)20-6-7-22-12-5-8-25-9-10(12)14(21-22)15(17,18)19/h1-4,20H,5-9H2. The number of benzene rings is 1. The number of sulfonamides is 1. The van der Waals surface area contributed by atoms with E-state index >= 15 is 0 Å². The molecule has 142 valence electrons. The van der Waals surface area contributed by atoms with Crippen LogP contribution in [0.4, 0.5) is 13.2 Å². The molecular weight excluding hydrogens is 439 g/mol. The Hall–Kier alpha value is -1.43. The van der Waals surface area contributed by atoms with Gasteiger partial charge in [-0.1, -0.05) is 12.1 Å². The molecule has 1 N–H and O–H groups in total. The maximum atomic E-state index is 13.1. The van der Waals surface area contributed by atoms with Gasteiger partial charge in [-0.15, -0.1) is 0 Å². The highest BCUT2D eigenvalue weighted by Crippen LogP contribution is 2.34. The number of halogens is 4. The van der Waals surface area contributed by atoms with E-state index in [4.69, 9.17) is 4.74 Å². The Balaban J connectivity index is 1.77. The van der Waals surface area contributed by atoms with Crippen molar-refractivity contribution in [3.63, 3.8) is 0 Å². The van der Waals surface area contributed by atoms with Crippen molar-refractivity contribution in [1.82, 2.24) is 14.5 Å². The maximum Gasteiger partial charge on any atom is 0.435 e. The fraction of sp³-hybridized carbons (Fsp3) is 0.400. The minimum atomic E-state index is -4.58. The quantitative estimate of drug-likeness (QED) is 0.755. The molecule has 1 aromatic heterocycles. The van der Waals surface area contributed by atoms with E-state index in [1.807, 2.05) is 0 Å². The average molecular weight is 454 g/mol. The van der Waals surface area contributed by atoms with E-state index in [0.717, 1.165) is 0 Å². The molecule has 1 aromatic carbocycles. The van der Waals surface area contributed by atoms with Crippen LogP contribution in [0.2, 0.25) is 0 Å². The number of nitrogens with one attached hydrogen (secondary N) is 1. The van der Waals surface area contributed by atoms with E-state index in [9.17, 15) is 21.6 Å². The lowest BCUT2D eigenvalue weighted by atomic mass is 10.1. The molecule has 3 rings (SSSR count). The fourth-order valence-corrected chi connectivity index (χ4v) is 4.77. The highest BCUT2D eigenvalue weighted by Gasteiger charge is 2.39. The van der Waals surface area contributed by atoms with Gasteiger partial charge in [-0.3, -0.25) is 4.68 Å². The van der Waals surface area contributed by atoms with Crippen LogP contribution in [0.1, 0.15) is 17.0 Å². The molecule has 0 saturated heterocycles. The summed E-state index contributed by atoms with van der Waals surface area (Å²) in [5.41, 5.74) is -0.512. The van der Waals surface area contributed by atoms with Crippen molar-refractivity contribution in [1.29, 1.82) is 0 Å². The van der Waals surface area contributed by atoms with E-state index in [1.54, 1.807) is 18.2 Å². The zero-order valence-corrected chi connectivity index (χ0v) is 15.8. The molecule has 26 heavy (non-hydrogen) atoms. The van der Waals surface area contributed by atoms with Gasteiger partial charge in [0.1, 0.15) is 0 Å². The second-order valence-corrected chi connectivity index (χ2v) is 8.22. The molecule has 1 aliphatic rings. The number of hydrogen-bond donors (Lipinski definition) is 1. The maximum absolute atomic E-state index is 13.1. The lowest BCUT2D eigenvalue weighted by Crippen LogP contribution is -2.28. The van der Waals surface area contributed by atoms with Crippen LogP contribution in [0.3, 0.4) is 0 Å². The van der Waals surface area contributed by atoms with E-state index in [0.29, 0.717) is 23.2 Å². The van der Waals surface area contributed by atoms with E-state index in [-0.39, 0.29) is 30.2 Å². The van der Waals surface area contributed by atoms with Crippen molar-refractivity contribution in [2.75, 3.05) is 13.2 Å². The number of aromatic nitrogens is 2. The van der Waals surface area contributed by atoms with Crippen LogP contribution < -0.4 is 4.72 Å². The van der Waals surface area contributed by atoms with Crippen LogP contribution in [0, 0.1) is 0 Å². The van der Waals surface area contributed by atoms with Crippen LogP contribution >= 0.6 is 15.9 Å². The van der Waals surface area contributed by atoms with Gasteiger partial charge in [0.2, 0.25) is 10.0 Å². The number of rotatable bonds is 5. The molecule has 0 atom stereocenters. The van der Waals surface area contributed by atoms with Crippen molar-refractivity contribution in [2.24, 2.45) is 0 Å². The van der Waals surface area contributed by atoms with Crippen molar-refractivity contribution >= 4 is 26.0 Å². The molecule has 2 aromatic rings. The molecule has 0 unspecified atom stereocenters. The molecule has 0 saturated carbocycles. The second-order valence-electron chi connectivity index (χ2n) is 5.63. The van der Waals surface area contributed by atoms with Crippen molar-refractivity contribution in [2.45, 2.75) is 30.6 Å². The Bertz CT molecular complexity index is 913. The molecule has 0 radical (unpaired) electrons. The number of alkyl halides is 3. The Morgan fingerprint density at radius 2 is 2.04 bits per heavy atom. The normalized spacial score (nSPS) is 15.1. The number of nitrogens with zero attached hydrogens (tertiary/aromatic N) is 2. The minimum Gasteiger partial charge on any atom is -0.376 e. The third-order valence-corrected chi connectivity index (χ3v) is 6.38. The van der Waals surface area contributed by atoms with Gasteiger partial charge >= 0.3 is 6.18 Å². The first-order chi connectivity index (χ1) is 12.2. The van der Waals surface area contributed by atoms with Gasteiger partial charge in [-0.25, -0.2) is 13.1 Å². The number of fused-ring (bicyclic) bond motifs is 1. The lowest BCUT2D eigenvalue weighted by Gasteiger charge is -2.15. The zero-order valence-electron chi connectivity index (χ0n) is 13.4. The summed E-state index contributed by atoms with van der Waals surface area (Å²) in [5.74, 6) is 0. The Kier molecular flexibility index (Phi) is 5.42. The molecule has 1 aliphatic heterocycles. The summed E-state index contributed by atoms with van der Waals surface area (Å²) >= 11 is 3.17. The van der Waals surface area contributed by atoms with Gasteiger partial charge in [0.05, 0.1) is 24.7 Å². The Morgan fingerprint density at radius 1 is 1.31 bits per heavy atom. The molecular formula is C15H15BrF3N3O3S. The van der Waals surface area contributed by atoms with Gasteiger partial charge < -0.3 is 4.74 Å². The number of hydrogen-bond acceptors (Lipinski definition) is 4. The first-order valence-electron chi connectivity index (χ1n) is 7.68. The smallest absolute Gasteiger partial charge is 0.376 e. The van der Waals surface area contributed by atoms with Crippen LogP contribution in [0.15, 0.2) is 33.6 Å². The monoisotopic (exact) mass is 453 g/mol. The molecule has 0 amide bonds. The lowest BCUT2D eigenvalue weighted by molar-refractivity contribution is -0.142. The Labute approximate surface area is 156 Å². The zero-order chi connectivity index (χ0) is 18.9. The summed E-state index contributed by atoms with van der Waals surface area (Å²) < 4.78 is 73.1. The highest BCUT2D eigenvalue weighted by molar-refractivity contribution is 9.10. The van der Waals surface area contributed by atoms with Gasteiger partial charge in [-0.05, 0) is 28.1 Å². The summed E-state index contributed by atoms with van der Waals surface area (Å²) in [5, 5.41) is 3.64. The minimum absolute atomic E-state index is 0.0118. The first-order valence-corrected chi connectivity index (χ1v) is 9.95. The van der Waals surface area contributed by atoms with E-state index in [2.05, 4.69) is 25.8 Å². The summed E-state index contributed by atoms with van der Waals surface area (Å²) in [6, 6.07) is 6.29. The van der Waals surface area contributed by atoms with Gasteiger partial charge in [0, 0.05) is 28.7 Å². The predicted molar refractivity (Wildman–Crippen MR) is 89.9 cm³/mol. The van der Waals surface area contributed by atoms with Crippen LogP contribution in [-0.2, 0) is 40.5 Å². The summed E-state index contributed by atoms with van der Waals surface area (Å²) in [4.78, 5) is 0.0619. The molecule has 2 heterocycles. The number of ether oxygens (including phenoxy) is 1. The molecule has 6 nitrogen and oxygen atoms in total. The summed E-state index contributed by atoms with van der Waals surface area (Å²) in [7, 11) is -3.79. The third-order valence-electron chi connectivity index (χ3n) is 3.91. The van der Waals surface area contributed by atoms with Crippen LogP contribution in [-0.4, -0.2) is 31.3 Å². The molecule has 0 aliphatic carbocycles. The summed E-state index contributed by atoms with van der Waals surface area (Å²) in [6.07, 6.45) is -4.28. The van der Waals surface area contributed by atoms with Crippen LogP contribution in [0.25, 0.3) is 0 Å². The van der Waals surface area contributed by atoms with Gasteiger partial charge in [-0.2, -0.15) is 18.3 Å². The first kappa shape index (κ1) is 19.3. The Morgan fingerprint density at radius 3 is 2.73 bits per heavy atom. The fourth-order valence-electron chi connectivity index (χ4n) is 2.75. The molecule has 0 bridgehead atoms. The van der Waals surface area contributed by atoms with Gasteiger partial charge in [0.15, 0.2) is 5.69 Å². The second kappa shape index (κ2) is 7.29.